The molecule has 15 heavy (non-hydrogen) atoms. The van der Waals surface area contributed by atoms with Gasteiger partial charge in [-0.05, 0) is 43.5 Å². The zero-order valence-corrected chi connectivity index (χ0v) is 9.58. The van der Waals surface area contributed by atoms with Gasteiger partial charge in [-0.1, -0.05) is 6.07 Å². The Bertz CT molecular complexity index is 337. The van der Waals surface area contributed by atoms with E-state index in [1.54, 1.807) is 0 Å². The molecule has 1 aromatic carbocycles. The summed E-state index contributed by atoms with van der Waals surface area (Å²) in [5, 5.41) is 8.78. The minimum absolute atomic E-state index is 0.0517. The van der Waals surface area contributed by atoms with Crippen LogP contribution in [0, 0.1) is 20.8 Å². The molecule has 0 fully saturated rings. The second-order valence-electron chi connectivity index (χ2n) is 3.96. The van der Waals surface area contributed by atoms with E-state index in [-0.39, 0.29) is 12.6 Å². The second kappa shape index (κ2) is 5.14. The Morgan fingerprint density at radius 3 is 2.40 bits per heavy atom. The number of nitrogens with two attached hydrogens (primary N) is 1. The van der Waals surface area contributed by atoms with E-state index in [2.05, 4.69) is 13.0 Å². The fourth-order valence-electron chi connectivity index (χ4n) is 1.34. The van der Waals surface area contributed by atoms with Gasteiger partial charge in [-0.25, -0.2) is 0 Å². The Balaban J connectivity index is 2.73. The molecule has 0 saturated heterocycles. The predicted octanol–water partition coefficient (Wildman–Crippen LogP) is 1.31. The summed E-state index contributed by atoms with van der Waals surface area (Å²) in [5.74, 6) is 0.849. The van der Waals surface area contributed by atoms with Gasteiger partial charge < -0.3 is 15.6 Å². The van der Waals surface area contributed by atoms with Crippen LogP contribution in [0.1, 0.15) is 16.7 Å². The molecule has 3 N–H and O–H groups in total. The van der Waals surface area contributed by atoms with Crippen molar-refractivity contribution in [2.75, 3.05) is 13.2 Å². The molecule has 0 heterocycles. The van der Waals surface area contributed by atoms with Gasteiger partial charge in [0, 0.05) is 0 Å². The predicted molar refractivity (Wildman–Crippen MR) is 61.2 cm³/mol. The van der Waals surface area contributed by atoms with Crippen LogP contribution in [0.25, 0.3) is 0 Å². The van der Waals surface area contributed by atoms with Gasteiger partial charge in [0.25, 0.3) is 0 Å². The zero-order valence-electron chi connectivity index (χ0n) is 9.58. The van der Waals surface area contributed by atoms with E-state index >= 15 is 0 Å². The molecular formula is C12H19NO2. The summed E-state index contributed by atoms with van der Waals surface area (Å²) in [4.78, 5) is 0. The maximum atomic E-state index is 8.78. The van der Waals surface area contributed by atoms with E-state index in [0.717, 1.165) is 11.3 Å². The van der Waals surface area contributed by atoms with Gasteiger partial charge in [0.2, 0.25) is 0 Å². The topological polar surface area (TPSA) is 55.5 Å². The van der Waals surface area contributed by atoms with Crippen LogP contribution in [0.4, 0.5) is 0 Å². The monoisotopic (exact) mass is 209 g/mol. The van der Waals surface area contributed by atoms with Crippen LogP contribution >= 0.6 is 0 Å². The van der Waals surface area contributed by atoms with Crippen molar-refractivity contribution in [3.63, 3.8) is 0 Å². The van der Waals surface area contributed by atoms with E-state index in [1.165, 1.54) is 11.1 Å². The van der Waals surface area contributed by atoms with E-state index in [0.29, 0.717) is 6.61 Å². The third kappa shape index (κ3) is 3.22. The van der Waals surface area contributed by atoms with Gasteiger partial charge in [-0.3, -0.25) is 0 Å². The fourth-order valence-corrected chi connectivity index (χ4v) is 1.34. The molecule has 0 aliphatic carbocycles. The zero-order chi connectivity index (χ0) is 11.4. The molecule has 0 aliphatic rings. The smallest absolute Gasteiger partial charge is 0.122 e. The van der Waals surface area contributed by atoms with Crippen LogP contribution in [0.5, 0.6) is 5.75 Å². The average Bonchev–Trinajstić information content (AvgIpc) is 2.21. The number of hydrogen-bond donors (Lipinski definition) is 2. The van der Waals surface area contributed by atoms with Crippen LogP contribution in [0.15, 0.2) is 12.1 Å². The standard InChI is InChI=1S/C12H19NO2/c1-8-4-10(3)12(5-9(8)2)15-7-11(13)6-14/h4-5,11,14H,6-7,13H2,1-3H3. The molecule has 0 bridgehead atoms. The van der Waals surface area contributed by atoms with Crippen LogP contribution in [0.2, 0.25) is 0 Å². The van der Waals surface area contributed by atoms with Crippen molar-refractivity contribution >= 4 is 0 Å². The Morgan fingerprint density at radius 2 is 1.80 bits per heavy atom. The van der Waals surface area contributed by atoms with Crippen molar-refractivity contribution in [2.24, 2.45) is 5.73 Å². The highest BCUT2D eigenvalue weighted by molar-refractivity contribution is 5.40. The average molecular weight is 209 g/mol. The van der Waals surface area contributed by atoms with E-state index in [4.69, 9.17) is 15.6 Å². The van der Waals surface area contributed by atoms with Crippen molar-refractivity contribution in [3.05, 3.63) is 28.8 Å². The number of aliphatic hydroxyl groups is 1. The molecule has 3 nitrogen and oxygen atoms in total. The Hall–Kier alpha value is -1.06. The minimum Gasteiger partial charge on any atom is -0.492 e. The maximum Gasteiger partial charge on any atom is 0.122 e. The summed E-state index contributed by atoms with van der Waals surface area (Å²) >= 11 is 0. The molecule has 3 heteroatoms. The van der Waals surface area contributed by atoms with Gasteiger partial charge in [0.1, 0.15) is 12.4 Å². The molecule has 1 unspecified atom stereocenters. The molecule has 1 aromatic rings. The minimum atomic E-state index is -0.314. The quantitative estimate of drug-likeness (QED) is 0.786. The maximum absolute atomic E-state index is 8.78. The summed E-state index contributed by atoms with van der Waals surface area (Å²) in [6, 6.07) is 3.79. The van der Waals surface area contributed by atoms with Gasteiger partial charge in [-0.2, -0.15) is 0 Å². The Kier molecular flexibility index (Phi) is 4.12. The summed E-state index contributed by atoms with van der Waals surface area (Å²) < 4.78 is 5.54. The molecular weight excluding hydrogens is 190 g/mol. The van der Waals surface area contributed by atoms with Gasteiger partial charge in [0.15, 0.2) is 0 Å². The molecule has 0 spiro atoms. The Labute approximate surface area is 90.9 Å². The van der Waals surface area contributed by atoms with Gasteiger partial charge in [0.05, 0.1) is 12.6 Å². The number of aryl methyl sites for hydroxylation is 3. The van der Waals surface area contributed by atoms with Crippen LogP contribution in [0.3, 0.4) is 0 Å². The lowest BCUT2D eigenvalue weighted by Crippen LogP contribution is -2.31. The molecule has 84 valence electrons. The van der Waals surface area contributed by atoms with Crippen molar-refractivity contribution in [1.82, 2.24) is 0 Å². The van der Waals surface area contributed by atoms with Crippen molar-refractivity contribution < 1.29 is 9.84 Å². The lowest BCUT2D eigenvalue weighted by atomic mass is 10.1. The molecule has 0 amide bonds. The lowest BCUT2D eigenvalue weighted by molar-refractivity contribution is 0.206. The highest BCUT2D eigenvalue weighted by atomic mass is 16.5. The lowest BCUT2D eigenvalue weighted by Gasteiger charge is -2.14. The summed E-state index contributed by atoms with van der Waals surface area (Å²) in [5.41, 5.74) is 9.12. The summed E-state index contributed by atoms with van der Waals surface area (Å²) in [6.45, 7) is 6.43. The number of hydrogen-bond acceptors (Lipinski definition) is 3. The third-order valence-electron chi connectivity index (χ3n) is 2.48. The third-order valence-corrected chi connectivity index (χ3v) is 2.48. The number of aliphatic hydroxyl groups excluding tert-OH is 1. The van der Waals surface area contributed by atoms with Gasteiger partial charge >= 0.3 is 0 Å². The molecule has 0 aromatic heterocycles. The van der Waals surface area contributed by atoms with Crippen molar-refractivity contribution in [3.8, 4) is 5.75 Å². The Morgan fingerprint density at radius 1 is 1.20 bits per heavy atom. The number of ether oxygens (including phenoxy) is 1. The van der Waals surface area contributed by atoms with E-state index < -0.39 is 0 Å². The number of benzene rings is 1. The first kappa shape index (κ1) is 12.0. The summed E-state index contributed by atoms with van der Waals surface area (Å²) in [7, 11) is 0. The largest absolute Gasteiger partial charge is 0.492 e. The second-order valence-corrected chi connectivity index (χ2v) is 3.96. The van der Waals surface area contributed by atoms with Crippen LogP contribution in [-0.4, -0.2) is 24.4 Å². The highest BCUT2D eigenvalue weighted by Crippen LogP contribution is 2.22. The molecule has 0 aliphatic heterocycles. The first-order valence-corrected chi connectivity index (χ1v) is 5.11. The highest BCUT2D eigenvalue weighted by Gasteiger charge is 2.05. The summed E-state index contributed by atoms with van der Waals surface area (Å²) in [6.07, 6.45) is 0. The number of rotatable bonds is 4. The van der Waals surface area contributed by atoms with Gasteiger partial charge in [-0.15, -0.1) is 0 Å². The molecule has 0 saturated carbocycles. The SMILES string of the molecule is Cc1cc(C)c(OCC(N)CO)cc1C. The molecule has 0 radical (unpaired) electrons. The van der Waals surface area contributed by atoms with Crippen molar-refractivity contribution in [2.45, 2.75) is 26.8 Å². The van der Waals surface area contributed by atoms with E-state index in [1.807, 2.05) is 19.9 Å². The van der Waals surface area contributed by atoms with Crippen LogP contribution in [-0.2, 0) is 0 Å². The fraction of sp³-hybridized carbons (Fsp3) is 0.500. The van der Waals surface area contributed by atoms with Crippen molar-refractivity contribution in [1.29, 1.82) is 0 Å². The molecule has 1 rings (SSSR count). The van der Waals surface area contributed by atoms with Crippen LogP contribution < -0.4 is 10.5 Å². The first-order chi connectivity index (χ1) is 7.04. The molecule has 1 atom stereocenters. The first-order valence-electron chi connectivity index (χ1n) is 5.11. The van der Waals surface area contributed by atoms with E-state index in [9.17, 15) is 0 Å². The normalized spacial score (nSPS) is 12.6.